The maximum atomic E-state index is 14.1. The van der Waals surface area contributed by atoms with Crippen molar-refractivity contribution in [2.75, 3.05) is 6.16 Å². The van der Waals surface area contributed by atoms with E-state index < -0.39 is 7.37 Å². The molecule has 0 N–H and O–H groups in total. The van der Waals surface area contributed by atoms with Gasteiger partial charge in [0.2, 0.25) is 7.37 Å². The molecule has 0 radical (unpaired) electrons. The van der Waals surface area contributed by atoms with Crippen LogP contribution < -0.4 is 5.30 Å². The lowest BCUT2D eigenvalue weighted by Gasteiger charge is -2.39. The molecule has 0 saturated heterocycles. The largest absolute Gasteiger partial charge is 0.322 e. The van der Waals surface area contributed by atoms with Gasteiger partial charge >= 0.3 is 0 Å². The molecule has 0 aliphatic heterocycles. The predicted octanol–water partition coefficient (Wildman–Crippen LogP) is 8.21. The minimum atomic E-state index is -2.81. The van der Waals surface area contributed by atoms with Crippen LogP contribution in [0.1, 0.15) is 98.3 Å². The zero-order valence-electron chi connectivity index (χ0n) is 19.4. The van der Waals surface area contributed by atoms with Gasteiger partial charge in [0.1, 0.15) is 0 Å². The molecular formula is C26H45O2P. The molecule has 0 amide bonds. The third-order valence-electron chi connectivity index (χ3n) is 6.72. The van der Waals surface area contributed by atoms with Crippen LogP contribution >= 0.6 is 7.37 Å². The van der Waals surface area contributed by atoms with Crippen molar-refractivity contribution in [1.82, 2.24) is 0 Å². The quantitative estimate of drug-likeness (QED) is 0.237. The molecule has 4 atom stereocenters. The van der Waals surface area contributed by atoms with E-state index in [0.717, 1.165) is 18.1 Å². The Morgan fingerprint density at radius 2 is 1.59 bits per heavy atom. The van der Waals surface area contributed by atoms with Crippen LogP contribution in [0.25, 0.3) is 0 Å². The minimum Gasteiger partial charge on any atom is -0.322 e. The van der Waals surface area contributed by atoms with Gasteiger partial charge in [-0.15, -0.1) is 0 Å². The third-order valence-corrected chi connectivity index (χ3v) is 9.32. The van der Waals surface area contributed by atoms with Crippen molar-refractivity contribution < 1.29 is 9.09 Å². The Bertz CT molecular complexity index is 598. The molecular weight excluding hydrogens is 375 g/mol. The average Bonchev–Trinajstić information content (AvgIpc) is 2.70. The van der Waals surface area contributed by atoms with Gasteiger partial charge in [-0.3, -0.25) is 4.57 Å². The van der Waals surface area contributed by atoms with Crippen molar-refractivity contribution in [3.8, 4) is 0 Å². The standard InChI is InChI=1S/C26H45O2P/c1-5-6-7-8-9-10-11-15-20-29(27,24-16-13-12-14-17-24)28-26-21-23(4)18-19-25(26)22(2)3/h12-14,16-17,22-23,25-26H,5-11,15,18-21H2,1-4H3/t23-,25-,26+,29?/m0/s1. The highest BCUT2D eigenvalue weighted by molar-refractivity contribution is 7.67. The van der Waals surface area contributed by atoms with E-state index >= 15 is 0 Å². The van der Waals surface area contributed by atoms with Crippen LogP contribution in [-0.2, 0) is 9.09 Å². The Labute approximate surface area is 180 Å². The fraction of sp³-hybridized carbons (Fsp3) is 0.769. The topological polar surface area (TPSA) is 26.3 Å². The van der Waals surface area contributed by atoms with Gasteiger partial charge in [0.15, 0.2) is 0 Å². The van der Waals surface area contributed by atoms with E-state index in [1.54, 1.807) is 0 Å². The maximum Gasteiger partial charge on any atom is 0.232 e. The number of hydrogen-bond donors (Lipinski definition) is 0. The molecule has 1 aliphatic rings. The summed E-state index contributed by atoms with van der Waals surface area (Å²) < 4.78 is 20.7. The molecule has 1 unspecified atom stereocenters. The van der Waals surface area contributed by atoms with Crippen LogP contribution in [0.15, 0.2) is 30.3 Å². The van der Waals surface area contributed by atoms with Crippen LogP contribution in [0.5, 0.6) is 0 Å². The normalized spacial score (nSPS) is 24.5. The van der Waals surface area contributed by atoms with E-state index in [9.17, 15) is 4.57 Å². The summed E-state index contributed by atoms with van der Waals surface area (Å²) in [4.78, 5) is 0. The Balaban J connectivity index is 1.98. The van der Waals surface area contributed by atoms with E-state index in [1.165, 1.54) is 57.8 Å². The van der Waals surface area contributed by atoms with Crippen LogP contribution in [-0.4, -0.2) is 12.3 Å². The highest BCUT2D eigenvalue weighted by Crippen LogP contribution is 2.51. The molecule has 0 heterocycles. The monoisotopic (exact) mass is 420 g/mol. The Morgan fingerprint density at radius 1 is 0.966 bits per heavy atom. The maximum absolute atomic E-state index is 14.1. The highest BCUT2D eigenvalue weighted by Gasteiger charge is 2.37. The van der Waals surface area contributed by atoms with Gasteiger partial charge in [0.05, 0.1) is 6.10 Å². The van der Waals surface area contributed by atoms with E-state index in [-0.39, 0.29) is 6.10 Å². The highest BCUT2D eigenvalue weighted by atomic mass is 31.2. The van der Waals surface area contributed by atoms with Gasteiger partial charge in [0, 0.05) is 11.5 Å². The second kappa shape index (κ2) is 13.0. The smallest absolute Gasteiger partial charge is 0.232 e. The summed E-state index contributed by atoms with van der Waals surface area (Å²) >= 11 is 0. The first kappa shape index (κ1) is 24.7. The zero-order chi connectivity index (χ0) is 21.1. The van der Waals surface area contributed by atoms with Crippen molar-refractivity contribution in [2.45, 2.75) is 104 Å². The lowest BCUT2D eigenvalue weighted by Crippen LogP contribution is -2.34. The Kier molecular flexibility index (Phi) is 11.0. The third kappa shape index (κ3) is 8.22. The van der Waals surface area contributed by atoms with E-state index in [1.807, 2.05) is 30.3 Å². The molecule has 1 fully saturated rings. The molecule has 1 saturated carbocycles. The number of rotatable bonds is 13. The van der Waals surface area contributed by atoms with E-state index in [2.05, 4.69) is 27.7 Å². The zero-order valence-corrected chi connectivity index (χ0v) is 20.3. The summed E-state index contributed by atoms with van der Waals surface area (Å²) in [6.07, 6.45) is 14.5. The van der Waals surface area contributed by atoms with Gasteiger partial charge in [-0.2, -0.15) is 0 Å². The fourth-order valence-corrected chi connectivity index (χ4v) is 7.24. The molecule has 0 bridgehead atoms. The van der Waals surface area contributed by atoms with E-state index in [0.29, 0.717) is 23.9 Å². The summed E-state index contributed by atoms with van der Waals surface area (Å²) in [6.45, 7) is 9.17. The molecule has 29 heavy (non-hydrogen) atoms. The van der Waals surface area contributed by atoms with Gasteiger partial charge in [-0.1, -0.05) is 97.3 Å². The first-order valence-corrected chi connectivity index (χ1v) is 14.1. The first-order chi connectivity index (χ1) is 14.0. The molecule has 166 valence electrons. The molecule has 1 aromatic carbocycles. The SMILES string of the molecule is CCCCCCCCCCP(=O)(O[C@@H]1C[C@@H](C)CC[C@H]1C(C)C)c1ccccc1. The molecule has 1 aliphatic carbocycles. The second-order valence-electron chi connectivity index (χ2n) is 9.68. The average molecular weight is 421 g/mol. The summed E-state index contributed by atoms with van der Waals surface area (Å²) in [7, 11) is -2.81. The summed E-state index contributed by atoms with van der Waals surface area (Å²) in [5.74, 6) is 1.78. The van der Waals surface area contributed by atoms with Crippen LogP contribution in [0.4, 0.5) is 0 Å². The van der Waals surface area contributed by atoms with Crippen LogP contribution in [0.3, 0.4) is 0 Å². The fourth-order valence-electron chi connectivity index (χ4n) is 4.81. The second-order valence-corrected chi connectivity index (χ2v) is 12.2. The van der Waals surface area contributed by atoms with Crippen molar-refractivity contribution in [2.24, 2.45) is 17.8 Å². The summed E-state index contributed by atoms with van der Waals surface area (Å²) in [5, 5.41) is 0.920. The van der Waals surface area contributed by atoms with Gasteiger partial charge < -0.3 is 4.52 Å². The molecule has 0 spiro atoms. The lowest BCUT2D eigenvalue weighted by molar-refractivity contribution is 0.0498. The van der Waals surface area contributed by atoms with Crippen LogP contribution in [0.2, 0.25) is 0 Å². The van der Waals surface area contributed by atoms with Crippen LogP contribution in [0, 0.1) is 17.8 Å². The predicted molar refractivity (Wildman–Crippen MR) is 127 cm³/mol. The Morgan fingerprint density at radius 3 is 2.21 bits per heavy atom. The molecule has 2 nitrogen and oxygen atoms in total. The Hall–Kier alpha value is -0.590. The van der Waals surface area contributed by atoms with Crippen molar-refractivity contribution in [3.63, 3.8) is 0 Å². The molecule has 3 heteroatoms. The number of benzene rings is 1. The van der Waals surface area contributed by atoms with Gasteiger partial charge in [0.25, 0.3) is 0 Å². The molecule has 2 rings (SSSR count). The molecule has 0 aromatic heterocycles. The molecule has 1 aromatic rings. The summed E-state index contributed by atoms with van der Waals surface area (Å²) in [5.41, 5.74) is 0. The summed E-state index contributed by atoms with van der Waals surface area (Å²) in [6, 6.07) is 10.0. The van der Waals surface area contributed by atoms with Crippen molar-refractivity contribution >= 4 is 12.7 Å². The number of unbranched alkanes of at least 4 members (excludes halogenated alkanes) is 7. The van der Waals surface area contributed by atoms with E-state index in [4.69, 9.17) is 4.52 Å². The number of hydrogen-bond acceptors (Lipinski definition) is 2. The first-order valence-electron chi connectivity index (χ1n) is 12.3. The van der Waals surface area contributed by atoms with Crippen molar-refractivity contribution in [3.05, 3.63) is 30.3 Å². The van der Waals surface area contributed by atoms with Gasteiger partial charge in [-0.05, 0) is 49.1 Å². The lowest BCUT2D eigenvalue weighted by atomic mass is 9.75. The minimum absolute atomic E-state index is 0.138. The van der Waals surface area contributed by atoms with Crippen molar-refractivity contribution in [1.29, 1.82) is 0 Å². The van der Waals surface area contributed by atoms with Gasteiger partial charge in [-0.25, -0.2) is 0 Å².